The molecule has 2 aromatic heterocycles. The maximum absolute atomic E-state index is 12.9. The normalized spacial score (nSPS) is 16.4. The zero-order valence-corrected chi connectivity index (χ0v) is 14.7. The molecule has 1 amide bonds. The Hall–Kier alpha value is -1.95. The first-order valence-corrected chi connectivity index (χ1v) is 8.50. The van der Waals surface area contributed by atoms with Gasteiger partial charge in [0.15, 0.2) is 0 Å². The Labute approximate surface area is 141 Å². The summed E-state index contributed by atoms with van der Waals surface area (Å²) in [6, 6.07) is 1.75. The number of nitrogens with one attached hydrogen (secondary N) is 1. The zero-order valence-electron chi connectivity index (χ0n) is 14.7. The number of nitrogens with zero attached hydrogens (tertiary/aromatic N) is 2. The van der Waals surface area contributed by atoms with Crippen LogP contribution in [0.4, 0.5) is 0 Å². The van der Waals surface area contributed by atoms with Crippen LogP contribution >= 0.6 is 0 Å². The van der Waals surface area contributed by atoms with Gasteiger partial charge in [0.1, 0.15) is 0 Å². The summed E-state index contributed by atoms with van der Waals surface area (Å²) in [4.78, 5) is 17.5. The molecule has 0 spiro atoms. The van der Waals surface area contributed by atoms with Crippen molar-refractivity contribution in [1.29, 1.82) is 0 Å². The summed E-state index contributed by atoms with van der Waals surface area (Å²) < 4.78 is 5.30. The van der Waals surface area contributed by atoms with Crippen LogP contribution in [0.2, 0.25) is 0 Å². The van der Waals surface area contributed by atoms with Crippen molar-refractivity contribution >= 4 is 17.0 Å². The summed E-state index contributed by atoms with van der Waals surface area (Å²) in [5, 5.41) is 17.0. The summed E-state index contributed by atoms with van der Waals surface area (Å²) in [5.41, 5.74) is 2.41. The average molecular weight is 331 g/mol. The second kappa shape index (κ2) is 6.16. The van der Waals surface area contributed by atoms with Crippen LogP contribution in [-0.4, -0.2) is 33.8 Å². The number of hydrogen-bond acceptors (Lipinski definition) is 5. The van der Waals surface area contributed by atoms with Crippen LogP contribution < -0.4 is 5.32 Å². The molecule has 1 atom stereocenters. The third-order valence-corrected chi connectivity index (χ3v) is 4.65. The topological polar surface area (TPSA) is 88.2 Å². The minimum absolute atomic E-state index is 0.0353. The maximum atomic E-state index is 12.9. The van der Waals surface area contributed by atoms with E-state index in [2.05, 4.69) is 36.2 Å². The molecule has 2 heterocycles. The van der Waals surface area contributed by atoms with Gasteiger partial charge in [-0.25, -0.2) is 4.98 Å². The van der Waals surface area contributed by atoms with E-state index in [1.54, 1.807) is 0 Å². The highest BCUT2D eigenvalue weighted by molar-refractivity contribution is 6.06. The molecule has 130 valence electrons. The van der Waals surface area contributed by atoms with E-state index in [0.29, 0.717) is 34.7 Å². The van der Waals surface area contributed by atoms with E-state index in [4.69, 9.17) is 4.52 Å². The van der Waals surface area contributed by atoms with Gasteiger partial charge in [-0.05, 0) is 37.7 Å². The number of pyridine rings is 1. The first-order valence-electron chi connectivity index (χ1n) is 8.50. The van der Waals surface area contributed by atoms with Crippen molar-refractivity contribution in [2.45, 2.75) is 58.9 Å². The molecule has 0 saturated heterocycles. The zero-order chi connectivity index (χ0) is 17.5. The Morgan fingerprint density at radius 2 is 2.17 bits per heavy atom. The molecule has 2 N–H and O–H groups in total. The predicted molar refractivity (Wildman–Crippen MR) is 90.9 cm³/mol. The molecular formula is C18H25N3O3. The predicted octanol–water partition coefficient (Wildman–Crippen LogP) is 2.94. The van der Waals surface area contributed by atoms with Gasteiger partial charge in [-0.2, -0.15) is 0 Å². The van der Waals surface area contributed by atoms with Crippen molar-refractivity contribution in [2.24, 2.45) is 5.41 Å². The highest BCUT2D eigenvalue weighted by Gasteiger charge is 2.31. The number of aryl methyl sites for hydroxylation is 1. The summed E-state index contributed by atoms with van der Waals surface area (Å²) in [7, 11) is 0. The number of rotatable bonds is 5. The molecule has 1 saturated carbocycles. The van der Waals surface area contributed by atoms with Gasteiger partial charge in [0.05, 0.1) is 16.6 Å². The maximum Gasteiger partial charge on any atom is 0.259 e. The minimum atomic E-state index is -0.163. The van der Waals surface area contributed by atoms with E-state index in [1.165, 1.54) is 0 Å². The number of aliphatic hydroxyl groups is 1. The molecular weight excluding hydrogens is 306 g/mol. The number of carbonyl (C=O) groups excluding carboxylic acids is 1. The minimum Gasteiger partial charge on any atom is -0.396 e. The van der Waals surface area contributed by atoms with Gasteiger partial charge in [0.2, 0.25) is 0 Å². The Balaban J connectivity index is 1.97. The molecule has 1 fully saturated rings. The molecule has 6 heteroatoms. The SMILES string of the molecule is Cc1noc2nc(C3CC3)cc(C(=O)NC(CCO)C(C)(C)C)c12. The molecule has 3 rings (SSSR count). The van der Waals surface area contributed by atoms with E-state index in [9.17, 15) is 9.90 Å². The first kappa shape index (κ1) is 16.9. The summed E-state index contributed by atoms with van der Waals surface area (Å²) in [5.74, 6) is 0.256. The van der Waals surface area contributed by atoms with E-state index >= 15 is 0 Å². The molecule has 0 aromatic carbocycles. The lowest BCUT2D eigenvalue weighted by atomic mass is 9.84. The van der Waals surface area contributed by atoms with Crippen molar-refractivity contribution in [3.05, 3.63) is 23.0 Å². The van der Waals surface area contributed by atoms with Gasteiger partial charge in [0.25, 0.3) is 11.6 Å². The number of aromatic nitrogens is 2. The number of aliphatic hydroxyl groups excluding tert-OH is 1. The van der Waals surface area contributed by atoms with Gasteiger partial charge in [-0.15, -0.1) is 0 Å². The summed E-state index contributed by atoms with van der Waals surface area (Å²) in [6.45, 7) is 8.01. The third kappa shape index (κ3) is 3.29. The second-order valence-electron chi connectivity index (χ2n) is 7.72. The lowest BCUT2D eigenvalue weighted by molar-refractivity contribution is 0.0886. The Bertz CT molecular complexity index is 757. The van der Waals surface area contributed by atoms with Crippen molar-refractivity contribution < 1.29 is 14.4 Å². The van der Waals surface area contributed by atoms with E-state index in [0.717, 1.165) is 18.5 Å². The van der Waals surface area contributed by atoms with Crippen LogP contribution in [0.15, 0.2) is 10.6 Å². The van der Waals surface area contributed by atoms with Gasteiger partial charge < -0.3 is 14.9 Å². The molecule has 0 bridgehead atoms. The Morgan fingerprint density at radius 1 is 1.46 bits per heavy atom. The van der Waals surface area contributed by atoms with Crippen molar-refractivity contribution in [3.8, 4) is 0 Å². The lowest BCUT2D eigenvalue weighted by Crippen LogP contribution is -2.44. The van der Waals surface area contributed by atoms with E-state index < -0.39 is 0 Å². The molecule has 1 aliphatic rings. The number of fused-ring (bicyclic) bond motifs is 1. The summed E-state index contributed by atoms with van der Waals surface area (Å²) in [6.07, 6.45) is 2.71. The fraction of sp³-hybridized carbons (Fsp3) is 0.611. The van der Waals surface area contributed by atoms with Crippen LogP contribution in [0.3, 0.4) is 0 Å². The first-order chi connectivity index (χ1) is 11.3. The van der Waals surface area contributed by atoms with E-state index in [-0.39, 0.29) is 24.0 Å². The fourth-order valence-corrected chi connectivity index (χ4v) is 2.97. The summed E-state index contributed by atoms with van der Waals surface area (Å²) >= 11 is 0. The van der Waals surface area contributed by atoms with Crippen molar-refractivity contribution in [1.82, 2.24) is 15.5 Å². The monoisotopic (exact) mass is 331 g/mol. The van der Waals surface area contributed by atoms with Crippen LogP contribution in [0.25, 0.3) is 11.1 Å². The average Bonchev–Trinajstić information content (AvgIpc) is 3.29. The lowest BCUT2D eigenvalue weighted by Gasteiger charge is -2.31. The van der Waals surface area contributed by atoms with Crippen LogP contribution in [-0.2, 0) is 0 Å². The number of hydrogen-bond donors (Lipinski definition) is 2. The third-order valence-electron chi connectivity index (χ3n) is 4.65. The standard InChI is InChI=1S/C18H25N3O3/c1-10-15-12(16(23)20-14(7-8-22)18(2,3)4)9-13(11-5-6-11)19-17(15)24-21-10/h9,11,14,22H,5-8H2,1-4H3,(H,20,23). The number of carbonyl (C=O) groups is 1. The van der Waals surface area contributed by atoms with Crippen molar-refractivity contribution in [3.63, 3.8) is 0 Å². The van der Waals surface area contributed by atoms with Gasteiger partial charge >= 0.3 is 0 Å². The van der Waals surface area contributed by atoms with Crippen LogP contribution in [0.1, 0.15) is 67.7 Å². The van der Waals surface area contributed by atoms with Crippen LogP contribution in [0, 0.1) is 12.3 Å². The molecule has 0 aliphatic heterocycles. The molecule has 24 heavy (non-hydrogen) atoms. The Morgan fingerprint density at radius 3 is 2.75 bits per heavy atom. The molecule has 2 aromatic rings. The van der Waals surface area contributed by atoms with E-state index in [1.807, 2.05) is 13.0 Å². The van der Waals surface area contributed by atoms with Gasteiger partial charge in [0, 0.05) is 24.3 Å². The molecule has 1 unspecified atom stereocenters. The molecule has 6 nitrogen and oxygen atoms in total. The molecule has 1 aliphatic carbocycles. The highest BCUT2D eigenvalue weighted by atomic mass is 16.5. The quantitative estimate of drug-likeness (QED) is 0.879. The smallest absolute Gasteiger partial charge is 0.259 e. The fourth-order valence-electron chi connectivity index (χ4n) is 2.97. The van der Waals surface area contributed by atoms with Gasteiger partial charge in [-0.1, -0.05) is 25.9 Å². The largest absolute Gasteiger partial charge is 0.396 e. The molecule has 0 radical (unpaired) electrons. The van der Waals surface area contributed by atoms with Gasteiger partial charge in [-0.3, -0.25) is 4.79 Å². The highest BCUT2D eigenvalue weighted by Crippen LogP contribution is 2.40. The van der Waals surface area contributed by atoms with Crippen LogP contribution in [0.5, 0.6) is 0 Å². The Kier molecular flexibility index (Phi) is 4.34. The number of amides is 1. The second-order valence-corrected chi connectivity index (χ2v) is 7.72. The van der Waals surface area contributed by atoms with Crippen molar-refractivity contribution in [2.75, 3.05) is 6.61 Å².